The van der Waals surface area contributed by atoms with Gasteiger partial charge < -0.3 is 15.8 Å². The number of aryl methyl sites for hydroxylation is 1. The van der Waals surface area contributed by atoms with Crippen LogP contribution in [0.2, 0.25) is 0 Å². The second-order valence-electron chi connectivity index (χ2n) is 4.93. The summed E-state index contributed by atoms with van der Waals surface area (Å²) in [6, 6.07) is 4.04. The molecular weight excluding hydrogens is 247 g/mol. The predicted molar refractivity (Wildman–Crippen MR) is 71.3 cm³/mol. The fourth-order valence-electron chi connectivity index (χ4n) is 2.19. The molecule has 3 N–H and O–H groups in total. The third kappa shape index (κ3) is 3.52. The second kappa shape index (κ2) is 6.12. The number of carbonyl (C=O) groups excluding carboxylic acids is 1. The Morgan fingerprint density at radius 3 is 2.79 bits per heavy atom. The van der Waals surface area contributed by atoms with Gasteiger partial charge in [-0.15, -0.1) is 0 Å². The molecule has 5 heteroatoms. The summed E-state index contributed by atoms with van der Waals surface area (Å²) in [4.78, 5) is 12.0. The highest BCUT2D eigenvalue weighted by Gasteiger charge is 2.26. The van der Waals surface area contributed by atoms with Crippen molar-refractivity contribution in [1.29, 1.82) is 0 Å². The lowest BCUT2D eigenvalue weighted by Gasteiger charge is -2.26. The summed E-state index contributed by atoms with van der Waals surface area (Å²) in [5, 5.41) is 2.66. The number of rotatable bonds is 3. The SMILES string of the molecule is Cc1ccc(NC(=O)C(N)C2CCOCC2)cc1F. The van der Waals surface area contributed by atoms with Crippen LogP contribution in [-0.4, -0.2) is 25.2 Å². The van der Waals surface area contributed by atoms with Crippen molar-refractivity contribution in [2.45, 2.75) is 25.8 Å². The van der Waals surface area contributed by atoms with Crippen molar-refractivity contribution in [3.63, 3.8) is 0 Å². The molecule has 1 amide bonds. The van der Waals surface area contributed by atoms with Gasteiger partial charge in [-0.3, -0.25) is 4.79 Å². The Kier molecular flexibility index (Phi) is 4.50. The number of hydrogen-bond acceptors (Lipinski definition) is 3. The number of hydrogen-bond donors (Lipinski definition) is 2. The fraction of sp³-hybridized carbons (Fsp3) is 0.500. The minimum atomic E-state index is -0.576. The number of anilines is 1. The van der Waals surface area contributed by atoms with E-state index in [1.165, 1.54) is 6.07 Å². The monoisotopic (exact) mass is 266 g/mol. The van der Waals surface area contributed by atoms with Gasteiger partial charge in [0, 0.05) is 18.9 Å². The third-order valence-corrected chi connectivity index (χ3v) is 3.52. The van der Waals surface area contributed by atoms with Crippen LogP contribution in [0.25, 0.3) is 0 Å². The van der Waals surface area contributed by atoms with E-state index in [0.717, 1.165) is 12.8 Å². The largest absolute Gasteiger partial charge is 0.381 e. The van der Waals surface area contributed by atoms with Gasteiger partial charge in [0.15, 0.2) is 0 Å². The minimum absolute atomic E-state index is 0.129. The number of halogens is 1. The zero-order valence-corrected chi connectivity index (χ0v) is 11.0. The van der Waals surface area contributed by atoms with E-state index in [4.69, 9.17) is 10.5 Å². The Bertz CT molecular complexity index is 459. The van der Waals surface area contributed by atoms with E-state index in [0.29, 0.717) is 24.5 Å². The minimum Gasteiger partial charge on any atom is -0.381 e. The standard InChI is InChI=1S/C14H19FN2O2/c1-9-2-3-11(8-12(9)15)17-14(18)13(16)10-4-6-19-7-5-10/h2-3,8,10,13H,4-7,16H2,1H3,(H,17,18). The lowest BCUT2D eigenvalue weighted by molar-refractivity contribution is -0.119. The first-order valence-electron chi connectivity index (χ1n) is 6.48. The zero-order chi connectivity index (χ0) is 13.8. The third-order valence-electron chi connectivity index (χ3n) is 3.52. The van der Waals surface area contributed by atoms with Crippen molar-refractivity contribution in [2.24, 2.45) is 11.7 Å². The van der Waals surface area contributed by atoms with E-state index in [1.54, 1.807) is 19.1 Å². The smallest absolute Gasteiger partial charge is 0.241 e. The van der Waals surface area contributed by atoms with Crippen LogP contribution in [0.5, 0.6) is 0 Å². The van der Waals surface area contributed by atoms with Crippen molar-refractivity contribution in [3.8, 4) is 0 Å². The van der Waals surface area contributed by atoms with Gasteiger partial charge in [0.2, 0.25) is 5.91 Å². The molecule has 1 saturated heterocycles. The van der Waals surface area contributed by atoms with Crippen LogP contribution < -0.4 is 11.1 Å². The molecule has 1 heterocycles. The van der Waals surface area contributed by atoms with Crippen LogP contribution in [0.1, 0.15) is 18.4 Å². The molecule has 0 bridgehead atoms. The molecule has 0 aromatic heterocycles. The summed E-state index contributed by atoms with van der Waals surface area (Å²) in [7, 11) is 0. The maximum Gasteiger partial charge on any atom is 0.241 e. The van der Waals surface area contributed by atoms with Gasteiger partial charge in [-0.05, 0) is 43.4 Å². The second-order valence-corrected chi connectivity index (χ2v) is 4.93. The van der Waals surface area contributed by atoms with Gasteiger partial charge in [-0.2, -0.15) is 0 Å². The Balaban J connectivity index is 1.97. The summed E-state index contributed by atoms with van der Waals surface area (Å²) >= 11 is 0. The van der Waals surface area contributed by atoms with Crippen LogP contribution in [0.4, 0.5) is 10.1 Å². The number of carbonyl (C=O) groups is 1. The molecule has 2 rings (SSSR count). The van der Waals surface area contributed by atoms with Gasteiger partial charge in [0.25, 0.3) is 0 Å². The number of nitrogens with two attached hydrogens (primary N) is 1. The maximum atomic E-state index is 13.4. The number of amides is 1. The highest BCUT2D eigenvalue weighted by Crippen LogP contribution is 2.19. The van der Waals surface area contributed by atoms with Crippen molar-refractivity contribution in [2.75, 3.05) is 18.5 Å². The van der Waals surface area contributed by atoms with Gasteiger partial charge in [0.05, 0.1) is 6.04 Å². The van der Waals surface area contributed by atoms with Crippen molar-refractivity contribution in [3.05, 3.63) is 29.6 Å². The molecule has 0 radical (unpaired) electrons. The summed E-state index contributed by atoms with van der Waals surface area (Å²) in [5.41, 5.74) is 6.93. The van der Waals surface area contributed by atoms with E-state index >= 15 is 0 Å². The first-order valence-corrected chi connectivity index (χ1v) is 6.48. The molecule has 104 valence electrons. The molecule has 1 aliphatic heterocycles. The fourth-order valence-corrected chi connectivity index (χ4v) is 2.19. The Morgan fingerprint density at radius 2 is 2.16 bits per heavy atom. The van der Waals surface area contributed by atoms with Gasteiger partial charge >= 0.3 is 0 Å². The number of benzene rings is 1. The van der Waals surface area contributed by atoms with E-state index in [9.17, 15) is 9.18 Å². The normalized spacial score (nSPS) is 18.1. The molecule has 1 aliphatic rings. The van der Waals surface area contributed by atoms with E-state index < -0.39 is 6.04 Å². The topological polar surface area (TPSA) is 64.4 Å². The molecule has 1 aromatic rings. The van der Waals surface area contributed by atoms with Gasteiger partial charge in [-0.1, -0.05) is 6.07 Å². The molecule has 1 atom stereocenters. The van der Waals surface area contributed by atoms with E-state index in [1.807, 2.05) is 0 Å². The van der Waals surface area contributed by atoms with Crippen LogP contribution in [0.15, 0.2) is 18.2 Å². The van der Waals surface area contributed by atoms with E-state index in [2.05, 4.69) is 5.32 Å². The molecule has 4 nitrogen and oxygen atoms in total. The van der Waals surface area contributed by atoms with Gasteiger partial charge in [-0.25, -0.2) is 4.39 Å². The van der Waals surface area contributed by atoms with Crippen LogP contribution in [0.3, 0.4) is 0 Å². The average Bonchev–Trinajstić information content (AvgIpc) is 2.43. The number of nitrogens with one attached hydrogen (secondary N) is 1. The molecular formula is C14H19FN2O2. The lowest BCUT2D eigenvalue weighted by atomic mass is 9.92. The molecule has 0 aliphatic carbocycles. The summed E-state index contributed by atoms with van der Waals surface area (Å²) < 4.78 is 18.6. The molecule has 19 heavy (non-hydrogen) atoms. The van der Waals surface area contributed by atoms with Gasteiger partial charge in [0.1, 0.15) is 5.82 Å². The summed E-state index contributed by atoms with van der Waals surface area (Å²) in [5.74, 6) is -0.475. The molecule has 0 spiro atoms. The average molecular weight is 266 g/mol. The van der Waals surface area contributed by atoms with Crippen LogP contribution in [0, 0.1) is 18.7 Å². The molecule has 1 unspecified atom stereocenters. The zero-order valence-electron chi connectivity index (χ0n) is 11.0. The van der Waals surface area contributed by atoms with Crippen molar-refractivity contribution < 1.29 is 13.9 Å². The van der Waals surface area contributed by atoms with Crippen molar-refractivity contribution >= 4 is 11.6 Å². The molecule has 1 aromatic carbocycles. The highest BCUT2D eigenvalue weighted by molar-refractivity contribution is 5.94. The number of ether oxygens (including phenoxy) is 1. The molecule has 1 fully saturated rings. The Morgan fingerprint density at radius 1 is 1.47 bits per heavy atom. The maximum absolute atomic E-state index is 13.4. The van der Waals surface area contributed by atoms with Crippen molar-refractivity contribution in [1.82, 2.24) is 0 Å². The summed E-state index contributed by atoms with van der Waals surface area (Å²) in [6.07, 6.45) is 1.58. The first kappa shape index (κ1) is 14.0. The first-order chi connectivity index (χ1) is 9.08. The lowest BCUT2D eigenvalue weighted by Crippen LogP contribution is -2.44. The summed E-state index contributed by atoms with van der Waals surface area (Å²) in [6.45, 7) is 2.96. The Hall–Kier alpha value is -1.46. The Labute approximate surface area is 112 Å². The predicted octanol–water partition coefficient (Wildman–Crippen LogP) is 1.83. The molecule has 0 saturated carbocycles. The van der Waals surface area contributed by atoms with E-state index in [-0.39, 0.29) is 17.6 Å². The van der Waals surface area contributed by atoms with Crippen LogP contribution in [-0.2, 0) is 9.53 Å². The van der Waals surface area contributed by atoms with Crippen LogP contribution >= 0.6 is 0 Å². The quantitative estimate of drug-likeness (QED) is 0.877. The highest BCUT2D eigenvalue weighted by atomic mass is 19.1.